The number of carbonyl (C=O) groups is 1. The summed E-state index contributed by atoms with van der Waals surface area (Å²) in [6, 6.07) is 14.6. The van der Waals surface area contributed by atoms with E-state index in [1.165, 1.54) is 6.92 Å². The third-order valence-corrected chi connectivity index (χ3v) is 4.92. The summed E-state index contributed by atoms with van der Waals surface area (Å²) >= 11 is 0. The number of carboxylic acids is 1. The Balaban J connectivity index is 1.92. The number of rotatable bonds is 3. The lowest BCUT2D eigenvalue weighted by molar-refractivity contribution is -0.144. The molecule has 2 aromatic carbocycles. The Bertz CT molecular complexity index is 1420. The molecule has 0 aliphatic carbocycles. The molecule has 1 N–H and O–H groups in total. The summed E-state index contributed by atoms with van der Waals surface area (Å²) in [5, 5.41) is 12.2. The van der Waals surface area contributed by atoms with Crippen molar-refractivity contribution in [1.82, 2.24) is 9.38 Å². The highest BCUT2D eigenvalue weighted by Crippen LogP contribution is 2.34. The number of aliphatic carboxylic acids is 1. The lowest BCUT2D eigenvalue weighted by Crippen LogP contribution is -2.22. The van der Waals surface area contributed by atoms with Gasteiger partial charge in [0.15, 0.2) is 6.10 Å². The van der Waals surface area contributed by atoms with Crippen LogP contribution in [0, 0.1) is 0 Å². The summed E-state index contributed by atoms with van der Waals surface area (Å²) in [4.78, 5) is 28.7. The molecule has 3 heterocycles. The molecule has 0 fully saturated rings. The molecule has 132 valence electrons. The summed E-state index contributed by atoms with van der Waals surface area (Å²) in [6.07, 6.45) is 0.760. The van der Waals surface area contributed by atoms with E-state index in [9.17, 15) is 9.59 Å². The SMILES string of the molecule is C[C@H](Oc1ccc2c(c1)c1ccnc3c4ccccc4c(=O)n2c13)C(=O)O. The van der Waals surface area contributed by atoms with Gasteiger partial charge in [-0.25, -0.2) is 4.79 Å². The second-order valence-corrected chi connectivity index (χ2v) is 6.52. The van der Waals surface area contributed by atoms with Crippen molar-refractivity contribution in [2.24, 2.45) is 0 Å². The maximum Gasteiger partial charge on any atom is 0.344 e. The Hall–Kier alpha value is -3.67. The Morgan fingerprint density at radius 2 is 1.85 bits per heavy atom. The second kappa shape index (κ2) is 5.41. The molecule has 5 rings (SSSR count). The van der Waals surface area contributed by atoms with Gasteiger partial charge in [0.2, 0.25) is 0 Å². The van der Waals surface area contributed by atoms with Crippen molar-refractivity contribution in [3.05, 3.63) is 65.1 Å². The maximum atomic E-state index is 13.1. The van der Waals surface area contributed by atoms with Crippen molar-refractivity contribution in [2.75, 3.05) is 0 Å². The average molecular weight is 358 g/mol. The molecule has 27 heavy (non-hydrogen) atoms. The molecule has 0 amide bonds. The summed E-state index contributed by atoms with van der Waals surface area (Å²) in [7, 11) is 0. The largest absolute Gasteiger partial charge is 0.479 e. The van der Waals surface area contributed by atoms with E-state index < -0.39 is 12.1 Å². The normalized spacial score (nSPS) is 12.9. The molecule has 0 spiro atoms. The standard InChI is InChI=1S/C21H14N2O4/c1-11(21(25)26)27-12-6-7-17-16(10-12)14-8-9-22-18-13-4-2-3-5-15(13)20(24)23(17)19(14)18/h2-11H,1H3,(H,25,26)/t11-/m0/s1. The van der Waals surface area contributed by atoms with Gasteiger partial charge in [0, 0.05) is 27.7 Å². The molecule has 0 unspecified atom stereocenters. The Morgan fingerprint density at radius 3 is 2.63 bits per heavy atom. The number of hydrogen-bond donors (Lipinski definition) is 1. The van der Waals surface area contributed by atoms with Crippen LogP contribution in [0.1, 0.15) is 6.92 Å². The molecule has 0 aliphatic rings. The van der Waals surface area contributed by atoms with Crippen molar-refractivity contribution < 1.29 is 14.6 Å². The fraction of sp³-hybridized carbons (Fsp3) is 0.0952. The molecular formula is C21H14N2O4. The highest BCUT2D eigenvalue weighted by Gasteiger charge is 2.19. The van der Waals surface area contributed by atoms with E-state index in [4.69, 9.17) is 9.84 Å². The molecule has 0 saturated heterocycles. The van der Waals surface area contributed by atoms with E-state index in [0.29, 0.717) is 11.1 Å². The fourth-order valence-corrected chi connectivity index (χ4v) is 3.68. The van der Waals surface area contributed by atoms with Crippen molar-refractivity contribution in [1.29, 1.82) is 0 Å². The Morgan fingerprint density at radius 1 is 1.07 bits per heavy atom. The van der Waals surface area contributed by atoms with Crippen LogP contribution in [0.25, 0.3) is 38.1 Å². The predicted molar refractivity (Wildman–Crippen MR) is 103 cm³/mol. The lowest BCUT2D eigenvalue weighted by atomic mass is 10.1. The van der Waals surface area contributed by atoms with Gasteiger partial charge in [-0.1, -0.05) is 18.2 Å². The summed E-state index contributed by atoms with van der Waals surface area (Å²) < 4.78 is 7.18. The molecule has 0 saturated carbocycles. The van der Waals surface area contributed by atoms with E-state index in [1.54, 1.807) is 34.9 Å². The molecule has 0 aliphatic heterocycles. The van der Waals surface area contributed by atoms with Crippen LogP contribution in [0.3, 0.4) is 0 Å². The van der Waals surface area contributed by atoms with Crippen LogP contribution in [0.2, 0.25) is 0 Å². The van der Waals surface area contributed by atoms with Gasteiger partial charge in [0.25, 0.3) is 5.56 Å². The number of benzene rings is 2. The van der Waals surface area contributed by atoms with Gasteiger partial charge < -0.3 is 9.84 Å². The highest BCUT2D eigenvalue weighted by molar-refractivity contribution is 6.18. The van der Waals surface area contributed by atoms with Crippen LogP contribution in [0.5, 0.6) is 5.75 Å². The smallest absolute Gasteiger partial charge is 0.344 e. The zero-order valence-electron chi connectivity index (χ0n) is 14.3. The quantitative estimate of drug-likeness (QED) is 0.500. The minimum absolute atomic E-state index is 0.0985. The predicted octanol–water partition coefficient (Wildman–Crippen LogP) is 3.44. The molecule has 1 atom stereocenters. The van der Waals surface area contributed by atoms with E-state index >= 15 is 0 Å². The highest BCUT2D eigenvalue weighted by atomic mass is 16.5. The van der Waals surface area contributed by atoms with Crippen LogP contribution in [-0.4, -0.2) is 26.6 Å². The monoisotopic (exact) mass is 358 g/mol. The molecular weight excluding hydrogens is 344 g/mol. The topological polar surface area (TPSA) is 80.9 Å². The zero-order valence-corrected chi connectivity index (χ0v) is 14.3. The van der Waals surface area contributed by atoms with Crippen LogP contribution < -0.4 is 10.3 Å². The number of fused-ring (bicyclic) bond motifs is 5. The van der Waals surface area contributed by atoms with Gasteiger partial charge in [-0.3, -0.25) is 14.2 Å². The number of aromatic nitrogens is 2. The molecule has 3 aromatic heterocycles. The first-order valence-electron chi connectivity index (χ1n) is 8.53. The summed E-state index contributed by atoms with van der Waals surface area (Å²) in [6.45, 7) is 1.48. The molecule has 5 aromatic rings. The van der Waals surface area contributed by atoms with E-state index in [1.807, 2.05) is 24.3 Å². The third kappa shape index (κ3) is 2.10. The number of nitrogens with zero attached hydrogens (tertiary/aromatic N) is 2. The van der Waals surface area contributed by atoms with Crippen molar-refractivity contribution in [3.63, 3.8) is 0 Å². The average Bonchev–Trinajstić information content (AvgIpc) is 3.01. The van der Waals surface area contributed by atoms with Gasteiger partial charge in [-0.05, 0) is 37.3 Å². The summed E-state index contributed by atoms with van der Waals surface area (Å²) in [5.41, 5.74) is 2.17. The first-order valence-corrected chi connectivity index (χ1v) is 8.53. The minimum atomic E-state index is -1.03. The van der Waals surface area contributed by atoms with Crippen LogP contribution in [-0.2, 0) is 4.79 Å². The molecule has 0 radical (unpaired) electrons. The third-order valence-electron chi connectivity index (χ3n) is 4.92. The van der Waals surface area contributed by atoms with Gasteiger partial charge >= 0.3 is 5.97 Å². The van der Waals surface area contributed by atoms with Gasteiger partial charge in [-0.15, -0.1) is 0 Å². The lowest BCUT2D eigenvalue weighted by Gasteiger charge is -2.10. The van der Waals surface area contributed by atoms with Crippen LogP contribution in [0.4, 0.5) is 0 Å². The van der Waals surface area contributed by atoms with Crippen molar-refractivity contribution in [3.8, 4) is 5.75 Å². The zero-order chi connectivity index (χ0) is 18.7. The van der Waals surface area contributed by atoms with E-state index in [2.05, 4.69) is 4.98 Å². The van der Waals surface area contributed by atoms with Gasteiger partial charge in [0.1, 0.15) is 5.75 Å². The van der Waals surface area contributed by atoms with Gasteiger partial charge in [0.05, 0.1) is 16.6 Å². The first kappa shape index (κ1) is 15.6. The number of hydrogen-bond acceptors (Lipinski definition) is 4. The van der Waals surface area contributed by atoms with Crippen molar-refractivity contribution in [2.45, 2.75) is 13.0 Å². The van der Waals surface area contributed by atoms with Gasteiger partial charge in [-0.2, -0.15) is 0 Å². The molecule has 6 heteroatoms. The number of pyridine rings is 2. The minimum Gasteiger partial charge on any atom is -0.479 e. The maximum absolute atomic E-state index is 13.1. The first-order chi connectivity index (χ1) is 13.1. The molecule has 0 bridgehead atoms. The summed E-state index contributed by atoms with van der Waals surface area (Å²) in [5.74, 6) is -0.591. The Labute approximate surface area is 152 Å². The number of ether oxygens (including phenoxy) is 1. The molecule has 6 nitrogen and oxygen atoms in total. The van der Waals surface area contributed by atoms with E-state index in [-0.39, 0.29) is 5.56 Å². The Kier molecular flexibility index (Phi) is 3.12. The van der Waals surface area contributed by atoms with Crippen LogP contribution in [0.15, 0.2) is 59.5 Å². The second-order valence-electron chi connectivity index (χ2n) is 6.52. The number of carboxylic acid groups (broad SMARTS) is 1. The fourth-order valence-electron chi connectivity index (χ4n) is 3.68. The van der Waals surface area contributed by atoms with E-state index in [0.717, 1.165) is 32.7 Å². The van der Waals surface area contributed by atoms with Crippen LogP contribution >= 0.6 is 0 Å². The van der Waals surface area contributed by atoms with Crippen molar-refractivity contribution >= 4 is 44.1 Å².